The normalized spacial score (nSPS) is 25.3. The van der Waals surface area contributed by atoms with Crippen molar-refractivity contribution in [1.29, 1.82) is 0 Å². The summed E-state index contributed by atoms with van der Waals surface area (Å²) in [6.07, 6.45) is 2.27. The summed E-state index contributed by atoms with van der Waals surface area (Å²) in [7, 11) is 0. The van der Waals surface area contributed by atoms with Crippen LogP contribution >= 0.6 is 0 Å². The number of hydrogen-bond donors (Lipinski definition) is 2. The molecule has 3 atom stereocenters. The largest absolute Gasteiger partial charge is 0.478 e. The zero-order chi connectivity index (χ0) is 19.9. The number of benzene rings is 2. The zero-order valence-electron chi connectivity index (χ0n) is 16.1. The fourth-order valence-corrected chi connectivity index (χ4v) is 4.85. The number of carboxylic acid groups (broad SMARTS) is 1. The van der Waals surface area contributed by atoms with Crippen molar-refractivity contribution in [3.05, 3.63) is 59.7 Å². The van der Waals surface area contributed by atoms with E-state index >= 15 is 0 Å². The average molecular weight is 379 g/mol. The summed E-state index contributed by atoms with van der Waals surface area (Å²) in [5.74, 6) is -0.836. The molecule has 5 nitrogen and oxygen atoms in total. The summed E-state index contributed by atoms with van der Waals surface area (Å²) in [6, 6.07) is 14.0. The monoisotopic (exact) mass is 379 g/mol. The lowest BCUT2D eigenvalue weighted by molar-refractivity contribution is -0.189. The van der Waals surface area contributed by atoms with Crippen molar-refractivity contribution in [3.8, 4) is 11.1 Å². The van der Waals surface area contributed by atoms with Gasteiger partial charge in [0.15, 0.2) is 0 Å². The minimum Gasteiger partial charge on any atom is -0.478 e. The molecule has 1 amide bonds. The Kier molecular flexibility index (Phi) is 4.71. The maximum Gasteiger partial charge on any atom is 0.336 e. The fourth-order valence-electron chi connectivity index (χ4n) is 4.85. The van der Waals surface area contributed by atoms with Gasteiger partial charge >= 0.3 is 5.97 Å². The van der Waals surface area contributed by atoms with Crippen LogP contribution in [-0.2, 0) is 4.74 Å². The molecule has 0 spiro atoms. The molecular formula is C23H25NO4. The van der Waals surface area contributed by atoms with Crippen LogP contribution in [0.1, 0.15) is 47.4 Å². The maximum atomic E-state index is 13.2. The molecule has 1 saturated heterocycles. The van der Waals surface area contributed by atoms with E-state index in [1.807, 2.05) is 6.07 Å². The first-order valence-electron chi connectivity index (χ1n) is 9.75. The Hall–Kier alpha value is -2.66. The number of nitrogens with one attached hydrogen (secondary N) is 1. The second-order valence-electron chi connectivity index (χ2n) is 8.27. The number of amides is 1. The lowest BCUT2D eigenvalue weighted by Gasteiger charge is -2.59. The van der Waals surface area contributed by atoms with Crippen LogP contribution in [0, 0.1) is 11.3 Å². The van der Waals surface area contributed by atoms with Gasteiger partial charge in [-0.15, -0.1) is 0 Å². The Morgan fingerprint density at radius 1 is 1.04 bits per heavy atom. The Morgan fingerprint density at radius 2 is 1.64 bits per heavy atom. The van der Waals surface area contributed by atoms with Crippen LogP contribution in [0.5, 0.6) is 0 Å². The molecule has 0 radical (unpaired) electrons. The number of carboxylic acids is 1. The van der Waals surface area contributed by atoms with Gasteiger partial charge in [0, 0.05) is 29.5 Å². The van der Waals surface area contributed by atoms with E-state index in [0.29, 0.717) is 22.6 Å². The second-order valence-corrected chi connectivity index (χ2v) is 8.27. The SMILES string of the molecule is CC1(C)C(NC(=O)c2ccccc2-c2ccccc2C(=O)O)C2CCCOC21. The first kappa shape index (κ1) is 18.7. The van der Waals surface area contributed by atoms with Crippen LogP contribution in [0.3, 0.4) is 0 Å². The van der Waals surface area contributed by atoms with Gasteiger partial charge in [-0.05, 0) is 36.1 Å². The summed E-state index contributed by atoms with van der Waals surface area (Å²) < 4.78 is 5.93. The van der Waals surface area contributed by atoms with E-state index in [1.54, 1.807) is 42.5 Å². The molecule has 5 heteroatoms. The minimum atomic E-state index is -1.01. The molecule has 28 heavy (non-hydrogen) atoms. The molecule has 1 heterocycles. The van der Waals surface area contributed by atoms with Crippen LogP contribution in [0.15, 0.2) is 48.5 Å². The highest BCUT2D eigenvalue weighted by Gasteiger charge is 2.58. The standard InChI is InChI=1S/C23H25NO4/c1-23(2)19(18-12-7-13-28-20(18)23)24-21(25)16-10-5-3-8-14(16)15-9-4-6-11-17(15)22(26)27/h3-6,8-11,18-20H,7,12-13H2,1-2H3,(H,24,25)(H,26,27). The first-order chi connectivity index (χ1) is 13.4. The Morgan fingerprint density at radius 3 is 2.32 bits per heavy atom. The lowest BCUT2D eigenvalue weighted by Crippen LogP contribution is -2.70. The van der Waals surface area contributed by atoms with Gasteiger partial charge < -0.3 is 15.2 Å². The molecular weight excluding hydrogens is 354 g/mol. The zero-order valence-corrected chi connectivity index (χ0v) is 16.1. The van der Waals surface area contributed by atoms with Gasteiger partial charge in [0.2, 0.25) is 0 Å². The van der Waals surface area contributed by atoms with E-state index < -0.39 is 5.97 Å². The van der Waals surface area contributed by atoms with E-state index in [0.717, 1.165) is 19.4 Å². The van der Waals surface area contributed by atoms with Crippen molar-refractivity contribution >= 4 is 11.9 Å². The molecule has 2 fully saturated rings. The predicted molar refractivity (Wildman–Crippen MR) is 106 cm³/mol. The first-order valence-corrected chi connectivity index (χ1v) is 9.75. The summed E-state index contributed by atoms with van der Waals surface area (Å²) in [6.45, 7) is 5.06. The minimum absolute atomic E-state index is 0.0491. The van der Waals surface area contributed by atoms with E-state index in [4.69, 9.17) is 4.74 Å². The molecule has 2 N–H and O–H groups in total. The smallest absolute Gasteiger partial charge is 0.336 e. The van der Waals surface area contributed by atoms with Crippen molar-refractivity contribution in [1.82, 2.24) is 5.32 Å². The van der Waals surface area contributed by atoms with E-state index in [-0.39, 0.29) is 29.0 Å². The molecule has 0 aromatic heterocycles. The number of carbonyl (C=O) groups is 2. The third-order valence-electron chi connectivity index (χ3n) is 6.24. The number of carbonyl (C=O) groups excluding carboxylic acids is 1. The van der Waals surface area contributed by atoms with E-state index in [1.165, 1.54) is 0 Å². The highest BCUT2D eigenvalue weighted by Crippen LogP contribution is 2.51. The summed E-state index contributed by atoms with van der Waals surface area (Å²) in [5.41, 5.74) is 1.74. The highest BCUT2D eigenvalue weighted by atomic mass is 16.5. The van der Waals surface area contributed by atoms with E-state index in [2.05, 4.69) is 19.2 Å². The predicted octanol–water partition coefficient (Wildman–Crippen LogP) is 3.99. The molecule has 2 aromatic carbocycles. The van der Waals surface area contributed by atoms with Crippen molar-refractivity contribution in [3.63, 3.8) is 0 Å². The molecule has 146 valence electrons. The van der Waals surface area contributed by atoms with Crippen LogP contribution < -0.4 is 5.32 Å². The van der Waals surface area contributed by atoms with Crippen molar-refractivity contribution in [2.45, 2.75) is 38.8 Å². The van der Waals surface area contributed by atoms with Crippen molar-refractivity contribution in [2.24, 2.45) is 11.3 Å². The lowest BCUT2D eigenvalue weighted by atomic mass is 9.55. The third-order valence-corrected chi connectivity index (χ3v) is 6.24. The quantitative estimate of drug-likeness (QED) is 0.842. The van der Waals surface area contributed by atoms with Gasteiger partial charge in [0.25, 0.3) is 5.91 Å². The summed E-state index contributed by atoms with van der Waals surface area (Å²) >= 11 is 0. The second kappa shape index (κ2) is 7.06. The molecule has 2 aliphatic rings. The Bertz CT molecular complexity index is 920. The van der Waals surface area contributed by atoms with Gasteiger partial charge in [0.05, 0.1) is 11.7 Å². The van der Waals surface area contributed by atoms with Crippen molar-refractivity contribution < 1.29 is 19.4 Å². The summed E-state index contributed by atoms with van der Waals surface area (Å²) in [4.78, 5) is 24.8. The number of ether oxygens (including phenoxy) is 1. The number of fused-ring (bicyclic) bond motifs is 1. The molecule has 1 aliphatic heterocycles. The van der Waals surface area contributed by atoms with Gasteiger partial charge in [-0.3, -0.25) is 4.79 Å². The summed E-state index contributed by atoms with van der Waals surface area (Å²) in [5, 5.41) is 12.7. The molecule has 1 aliphatic carbocycles. The van der Waals surface area contributed by atoms with Gasteiger partial charge in [-0.25, -0.2) is 4.79 Å². The van der Waals surface area contributed by atoms with Crippen molar-refractivity contribution in [2.75, 3.05) is 6.61 Å². The van der Waals surface area contributed by atoms with Gasteiger partial charge in [0.1, 0.15) is 0 Å². The van der Waals surface area contributed by atoms with Gasteiger partial charge in [-0.1, -0.05) is 50.2 Å². The van der Waals surface area contributed by atoms with Gasteiger partial charge in [-0.2, -0.15) is 0 Å². The highest BCUT2D eigenvalue weighted by molar-refractivity contribution is 6.04. The average Bonchev–Trinajstić information content (AvgIpc) is 2.71. The fraction of sp³-hybridized carbons (Fsp3) is 0.391. The maximum absolute atomic E-state index is 13.2. The molecule has 4 rings (SSSR count). The number of hydrogen-bond acceptors (Lipinski definition) is 3. The van der Waals surface area contributed by atoms with E-state index in [9.17, 15) is 14.7 Å². The van der Waals surface area contributed by atoms with Crippen LogP contribution in [0.4, 0.5) is 0 Å². The van der Waals surface area contributed by atoms with Crippen LogP contribution in [0.25, 0.3) is 11.1 Å². The Balaban J connectivity index is 1.64. The number of aromatic carboxylic acids is 1. The van der Waals surface area contributed by atoms with Crippen LogP contribution in [0.2, 0.25) is 0 Å². The Labute approximate surface area is 164 Å². The number of rotatable bonds is 4. The molecule has 0 bridgehead atoms. The van der Waals surface area contributed by atoms with Crippen LogP contribution in [-0.4, -0.2) is 35.7 Å². The third kappa shape index (κ3) is 3.00. The molecule has 1 saturated carbocycles. The molecule has 3 unspecified atom stereocenters. The topological polar surface area (TPSA) is 75.6 Å². The molecule has 2 aromatic rings.